The number of rotatable bonds is 2. The summed E-state index contributed by atoms with van der Waals surface area (Å²) in [5, 5.41) is 2.77. The molecule has 0 bridgehead atoms. The summed E-state index contributed by atoms with van der Waals surface area (Å²) in [7, 11) is 0. The Labute approximate surface area is 131 Å². The number of benzene rings is 2. The van der Waals surface area contributed by atoms with E-state index in [1.54, 1.807) is 18.2 Å². The zero-order valence-electron chi connectivity index (χ0n) is 9.38. The van der Waals surface area contributed by atoms with Gasteiger partial charge < -0.3 is 5.32 Å². The normalized spacial score (nSPS) is 10.3. The molecule has 2 rings (SSSR count). The molecule has 0 aromatic heterocycles. The summed E-state index contributed by atoms with van der Waals surface area (Å²) in [6, 6.07) is 9.18. The summed E-state index contributed by atoms with van der Waals surface area (Å²) >= 11 is 12.2. The van der Waals surface area contributed by atoms with Gasteiger partial charge in [-0.2, -0.15) is 0 Å². The van der Waals surface area contributed by atoms with Crippen LogP contribution < -0.4 is 5.32 Å². The highest BCUT2D eigenvalue weighted by Crippen LogP contribution is 2.23. The van der Waals surface area contributed by atoms with Crippen LogP contribution in [0.15, 0.2) is 45.3 Å². The maximum atomic E-state index is 13.6. The van der Waals surface area contributed by atoms with E-state index in [1.165, 1.54) is 12.1 Å². The van der Waals surface area contributed by atoms with Crippen LogP contribution in [-0.2, 0) is 0 Å². The first-order valence-electron chi connectivity index (χ1n) is 5.18. The van der Waals surface area contributed by atoms with Gasteiger partial charge >= 0.3 is 0 Å². The van der Waals surface area contributed by atoms with Gasteiger partial charge in [-0.3, -0.25) is 4.79 Å². The summed E-state index contributed by atoms with van der Waals surface area (Å²) in [6.45, 7) is 0. The highest BCUT2D eigenvalue weighted by atomic mass is 79.9. The van der Waals surface area contributed by atoms with Crippen molar-refractivity contribution in [2.75, 3.05) is 5.32 Å². The molecule has 0 heterocycles. The van der Waals surface area contributed by atoms with E-state index in [-0.39, 0.29) is 10.7 Å². The van der Waals surface area contributed by atoms with Gasteiger partial charge in [0, 0.05) is 19.5 Å². The maximum absolute atomic E-state index is 13.6. The summed E-state index contributed by atoms with van der Waals surface area (Å²) < 4.78 is 15.1. The van der Waals surface area contributed by atoms with Crippen LogP contribution in [-0.4, -0.2) is 5.91 Å². The number of hydrogen-bond donors (Lipinski definition) is 1. The van der Waals surface area contributed by atoms with Gasteiger partial charge in [0.05, 0.1) is 5.69 Å². The minimum Gasteiger partial charge on any atom is -0.319 e. The molecule has 0 unspecified atom stereocenters. The zero-order chi connectivity index (χ0) is 14.0. The lowest BCUT2D eigenvalue weighted by Gasteiger charge is -2.07. The molecule has 2 aromatic carbocycles. The molecule has 2 aromatic rings. The molecule has 0 spiro atoms. The van der Waals surface area contributed by atoms with Crippen molar-refractivity contribution in [3.05, 3.63) is 61.7 Å². The van der Waals surface area contributed by atoms with Crippen molar-refractivity contribution in [2.24, 2.45) is 0 Å². The second-order valence-electron chi connectivity index (χ2n) is 3.74. The quantitative estimate of drug-likeness (QED) is 0.723. The van der Waals surface area contributed by atoms with Crippen LogP contribution in [0.3, 0.4) is 0 Å². The molecule has 0 aliphatic heterocycles. The molecule has 0 aliphatic rings. The number of amides is 1. The fourth-order valence-corrected chi connectivity index (χ4v) is 2.92. The van der Waals surface area contributed by atoms with Crippen molar-refractivity contribution in [1.29, 1.82) is 0 Å². The second-order valence-corrected chi connectivity index (χ2v) is 6.00. The lowest BCUT2D eigenvalue weighted by atomic mass is 10.2. The van der Waals surface area contributed by atoms with Gasteiger partial charge in [0.1, 0.15) is 5.82 Å². The second kappa shape index (κ2) is 6.03. The lowest BCUT2D eigenvalue weighted by molar-refractivity contribution is 0.102. The molecule has 1 N–H and O–H groups in total. The van der Waals surface area contributed by atoms with Gasteiger partial charge in [0.2, 0.25) is 0 Å². The standard InChI is InChI=1S/C13H7Br2ClFNO/c14-8-3-7(4-9(15)5-8)13(19)18-12-2-1-10(16)6-11(12)17/h1-6H,(H,18,19). The van der Waals surface area contributed by atoms with E-state index in [9.17, 15) is 9.18 Å². The molecule has 1 amide bonds. The molecule has 0 atom stereocenters. The Morgan fingerprint density at radius 2 is 1.74 bits per heavy atom. The molecular formula is C13H7Br2ClFNO. The van der Waals surface area contributed by atoms with Crippen LogP contribution in [0.4, 0.5) is 10.1 Å². The minimum atomic E-state index is -0.574. The van der Waals surface area contributed by atoms with E-state index < -0.39 is 11.7 Å². The lowest BCUT2D eigenvalue weighted by Crippen LogP contribution is -2.13. The molecule has 0 saturated carbocycles. The Kier molecular flexibility index (Phi) is 4.60. The predicted octanol–water partition coefficient (Wildman–Crippen LogP) is 5.26. The molecule has 0 saturated heterocycles. The van der Waals surface area contributed by atoms with Gasteiger partial charge in [-0.1, -0.05) is 43.5 Å². The third kappa shape index (κ3) is 3.78. The largest absolute Gasteiger partial charge is 0.319 e. The first-order chi connectivity index (χ1) is 8.95. The zero-order valence-corrected chi connectivity index (χ0v) is 13.3. The Morgan fingerprint density at radius 1 is 1.11 bits per heavy atom. The average Bonchev–Trinajstić information content (AvgIpc) is 2.31. The van der Waals surface area contributed by atoms with Gasteiger partial charge in [0.25, 0.3) is 5.91 Å². The van der Waals surface area contributed by atoms with Gasteiger partial charge in [-0.15, -0.1) is 0 Å². The van der Waals surface area contributed by atoms with Crippen molar-refractivity contribution < 1.29 is 9.18 Å². The summed E-state index contributed by atoms with van der Waals surface area (Å²) in [4.78, 5) is 12.0. The number of halogens is 4. The van der Waals surface area contributed by atoms with Crippen molar-refractivity contribution in [3.63, 3.8) is 0 Å². The van der Waals surface area contributed by atoms with Crippen LogP contribution in [0.1, 0.15) is 10.4 Å². The van der Waals surface area contributed by atoms with Crippen molar-refractivity contribution >= 4 is 55.1 Å². The third-order valence-corrected chi connectivity index (χ3v) is 3.45. The van der Waals surface area contributed by atoms with Crippen molar-refractivity contribution in [3.8, 4) is 0 Å². The summed E-state index contributed by atoms with van der Waals surface area (Å²) in [5.41, 5.74) is 0.501. The number of hydrogen-bond acceptors (Lipinski definition) is 1. The highest BCUT2D eigenvalue weighted by Gasteiger charge is 2.11. The number of carbonyl (C=O) groups is 1. The van der Waals surface area contributed by atoms with Gasteiger partial charge in [-0.05, 0) is 36.4 Å². The third-order valence-electron chi connectivity index (χ3n) is 2.30. The number of nitrogens with one attached hydrogen (secondary N) is 1. The Balaban J connectivity index is 2.25. The molecule has 0 fully saturated rings. The first kappa shape index (κ1) is 14.5. The molecule has 0 radical (unpaired) electrons. The fraction of sp³-hybridized carbons (Fsp3) is 0. The highest BCUT2D eigenvalue weighted by molar-refractivity contribution is 9.11. The predicted molar refractivity (Wildman–Crippen MR) is 81.2 cm³/mol. The topological polar surface area (TPSA) is 29.1 Å². The van der Waals surface area contributed by atoms with E-state index >= 15 is 0 Å². The van der Waals surface area contributed by atoms with E-state index in [2.05, 4.69) is 37.2 Å². The van der Waals surface area contributed by atoms with Crippen LogP contribution in [0.5, 0.6) is 0 Å². The molecule has 0 aliphatic carbocycles. The van der Waals surface area contributed by atoms with Crippen LogP contribution >= 0.6 is 43.5 Å². The first-order valence-corrected chi connectivity index (χ1v) is 7.14. The van der Waals surface area contributed by atoms with Gasteiger partial charge in [0.15, 0.2) is 0 Å². The SMILES string of the molecule is O=C(Nc1ccc(Cl)cc1F)c1cc(Br)cc(Br)c1. The van der Waals surface area contributed by atoms with Crippen molar-refractivity contribution in [2.45, 2.75) is 0 Å². The number of anilines is 1. The van der Waals surface area contributed by atoms with Crippen molar-refractivity contribution in [1.82, 2.24) is 0 Å². The maximum Gasteiger partial charge on any atom is 0.255 e. The Morgan fingerprint density at radius 3 is 2.32 bits per heavy atom. The molecule has 19 heavy (non-hydrogen) atoms. The number of carbonyl (C=O) groups excluding carboxylic acids is 1. The molecular weight excluding hydrogens is 400 g/mol. The summed E-state index contributed by atoms with van der Waals surface area (Å²) in [5.74, 6) is -0.974. The van der Waals surface area contributed by atoms with Crippen LogP contribution in [0, 0.1) is 5.82 Å². The summed E-state index contributed by atoms with van der Waals surface area (Å²) in [6.07, 6.45) is 0. The van der Waals surface area contributed by atoms with E-state index in [1.807, 2.05) is 0 Å². The molecule has 6 heteroatoms. The smallest absolute Gasteiger partial charge is 0.255 e. The average molecular weight is 407 g/mol. The molecule has 2 nitrogen and oxygen atoms in total. The van der Waals surface area contributed by atoms with Crippen LogP contribution in [0.25, 0.3) is 0 Å². The molecule has 98 valence electrons. The van der Waals surface area contributed by atoms with E-state index in [0.717, 1.165) is 15.0 Å². The van der Waals surface area contributed by atoms with E-state index in [0.29, 0.717) is 5.56 Å². The Hall–Kier alpha value is -0.910. The minimum absolute atomic E-state index is 0.0884. The fourth-order valence-electron chi connectivity index (χ4n) is 1.47. The Bertz CT molecular complexity index is 628. The van der Waals surface area contributed by atoms with Gasteiger partial charge in [-0.25, -0.2) is 4.39 Å². The monoisotopic (exact) mass is 405 g/mol. The van der Waals surface area contributed by atoms with E-state index in [4.69, 9.17) is 11.6 Å². The van der Waals surface area contributed by atoms with Crippen LogP contribution in [0.2, 0.25) is 5.02 Å².